The van der Waals surface area contributed by atoms with Gasteiger partial charge in [0, 0.05) is 28.8 Å². The predicted octanol–water partition coefficient (Wildman–Crippen LogP) is 7.41. The van der Waals surface area contributed by atoms with Crippen molar-refractivity contribution in [3.05, 3.63) is 83.5 Å². The third-order valence-corrected chi connectivity index (χ3v) is 6.66. The maximum absolute atomic E-state index is 13.6. The molecule has 34 heavy (non-hydrogen) atoms. The summed E-state index contributed by atoms with van der Waals surface area (Å²) in [6.07, 6.45) is 6.24. The topological polar surface area (TPSA) is 34.1 Å². The number of hydrogen-bond acceptors (Lipinski definition) is 3. The molecule has 0 aliphatic carbocycles. The van der Waals surface area contributed by atoms with Crippen LogP contribution in [0.4, 0.5) is 8.78 Å². The van der Waals surface area contributed by atoms with Crippen LogP contribution in [0.15, 0.2) is 66.9 Å². The van der Waals surface area contributed by atoms with E-state index in [0.717, 1.165) is 47.0 Å². The van der Waals surface area contributed by atoms with Gasteiger partial charge in [-0.3, -0.25) is 4.98 Å². The highest BCUT2D eigenvalue weighted by atomic mass is 35.5. The van der Waals surface area contributed by atoms with Gasteiger partial charge in [-0.1, -0.05) is 42.3 Å². The Kier molecular flexibility index (Phi) is 6.75. The summed E-state index contributed by atoms with van der Waals surface area (Å²) in [5.41, 5.74) is 3.88. The standard InChI is InChI=1S/C28H25ClF2N2O/c29-26-16-27-24(15-23(26)18-4-8-20(30)9-5-18)28(34-14-12-22-3-1-2-13-32-22)25(17-33-27)19-6-10-21(31)11-7-19/h4-11,15-17,22,32H,1-3,12-14H2. The molecule has 6 heteroatoms. The van der Waals surface area contributed by atoms with Gasteiger partial charge in [-0.15, -0.1) is 0 Å². The number of aromatic nitrogens is 1. The highest BCUT2D eigenvalue weighted by Crippen LogP contribution is 2.40. The zero-order valence-corrected chi connectivity index (χ0v) is 19.4. The molecule has 4 aromatic rings. The van der Waals surface area contributed by atoms with E-state index in [-0.39, 0.29) is 11.6 Å². The van der Waals surface area contributed by atoms with Gasteiger partial charge in [-0.25, -0.2) is 8.78 Å². The number of rotatable bonds is 6. The minimum absolute atomic E-state index is 0.297. The highest BCUT2D eigenvalue weighted by Gasteiger charge is 2.18. The van der Waals surface area contributed by atoms with Gasteiger partial charge in [0.1, 0.15) is 17.4 Å². The van der Waals surface area contributed by atoms with Gasteiger partial charge < -0.3 is 10.1 Å². The average Bonchev–Trinajstić information content (AvgIpc) is 2.86. The SMILES string of the molecule is Fc1ccc(-c2cc3c(OCCC4CCCCN4)c(-c4ccc(F)cc4)cnc3cc2Cl)cc1. The fourth-order valence-corrected chi connectivity index (χ4v) is 4.77. The smallest absolute Gasteiger partial charge is 0.138 e. The Morgan fingerprint density at radius 3 is 2.24 bits per heavy atom. The van der Waals surface area contributed by atoms with Crippen molar-refractivity contribution in [1.29, 1.82) is 0 Å². The summed E-state index contributed by atoms with van der Waals surface area (Å²) < 4.78 is 33.5. The second-order valence-corrected chi connectivity index (χ2v) is 9.06. The Balaban J connectivity index is 1.58. The molecule has 0 radical (unpaired) electrons. The molecule has 1 fully saturated rings. The molecule has 1 unspecified atom stereocenters. The van der Waals surface area contributed by atoms with Crippen LogP contribution in [0, 0.1) is 11.6 Å². The highest BCUT2D eigenvalue weighted by molar-refractivity contribution is 6.34. The van der Waals surface area contributed by atoms with E-state index in [1.807, 2.05) is 6.07 Å². The van der Waals surface area contributed by atoms with Crippen LogP contribution in [-0.4, -0.2) is 24.2 Å². The third-order valence-electron chi connectivity index (χ3n) is 6.34. The summed E-state index contributed by atoms with van der Waals surface area (Å²) in [5, 5.41) is 4.89. The molecule has 1 aliphatic rings. The lowest BCUT2D eigenvalue weighted by Gasteiger charge is -2.24. The third kappa shape index (κ3) is 4.91. The van der Waals surface area contributed by atoms with Gasteiger partial charge in [-0.05, 0) is 73.3 Å². The van der Waals surface area contributed by atoms with E-state index < -0.39 is 0 Å². The lowest BCUT2D eigenvalue weighted by atomic mass is 9.99. The lowest BCUT2D eigenvalue weighted by molar-refractivity contribution is 0.271. The first-order chi connectivity index (χ1) is 16.6. The zero-order valence-electron chi connectivity index (χ0n) is 18.7. The summed E-state index contributed by atoms with van der Waals surface area (Å²) in [7, 11) is 0. The summed E-state index contributed by atoms with van der Waals surface area (Å²) in [4.78, 5) is 4.62. The van der Waals surface area contributed by atoms with Crippen molar-refractivity contribution in [3.8, 4) is 28.0 Å². The molecule has 1 aromatic heterocycles. The molecule has 0 saturated carbocycles. The number of benzene rings is 3. The number of ether oxygens (including phenoxy) is 1. The van der Waals surface area contributed by atoms with Crippen molar-refractivity contribution in [1.82, 2.24) is 10.3 Å². The van der Waals surface area contributed by atoms with E-state index in [4.69, 9.17) is 16.3 Å². The molecule has 2 heterocycles. The Hall–Kier alpha value is -3.02. The molecule has 3 nitrogen and oxygen atoms in total. The van der Waals surface area contributed by atoms with Gasteiger partial charge in [0.15, 0.2) is 0 Å². The van der Waals surface area contributed by atoms with Crippen LogP contribution >= 0.6 is 11.6 Å². The normalized spacial score (nSPS) is 16.0. The lowest BCUT2D eigenvalue weighted by Crippen LogP contribution is -2.35. The van der Waals surface area contributed by atoms with E-state index >= 15 is 0 Å². The molecular formula is C28H25ClF2N2O. The first-order valence-corrected chi connectivity index (χ1v) is 12.0. The van der Waals surface area contributed by atoms with Crippen molar-refractivity contribution < 1.29 is 13.5 Å². The van der Waals surface area contributed by atoms with E-state index in [1.165, 1.54) is 37.1 Å². The zero-order chi connectivity index (χ0) is 23.5. The number of fused-ring (bicyclic) bond motifs is 1. The molecule has 174 valence electrons. The van der Waals surface area contributed by atoms with Gasteiger partial charge in [0.2, 0.25) is 0 Å². The van der Waals surface area contributed by atoms with E-state index in [0.29, 0.717) is 28.9 Å². The van der Waals surface area contributed by atoms with Gasteiger partial charge in [0.25, 0.3) is 0 Å². The summed E-state index contributed by atoms with van der Waals surface area (Å²) in [6, 6.07) is 16.7. The molecule has 1 N–H and O–H groups in total. The maximum Gasteiger partial charge on any atom is 0.138 e. The van der Waals surface area contributed by atoms with Crippen molar-refractivity contribution in [2.24, 2.45) is 0 Å². The van der Waals surface area contributed by atoms with Crippen LogP contribution in [0.2, 0.25) is 5.02 Å². The molecule has 3 aromatic carbocycles. The second kappa shape index (κ2) is 10.1. The largest absolute Gasteiger partial charge is 0.492 e. The number of pyridine rings is 1. The first-order valence-electron chi connectivity index (χ1n) is 11.6. The molecule has 1 atom stereocenters. The van der Waals surface area contributed by atoms with Crippen molar-refractivity contribution in [2.45, 2.75) is 31.7 Å². The molecule has 1 saturated heterocycles. The minimum atomic E-state index is -0.304. The first kappa shape index (κ1) is 22.8. The summed E-state index contributed by atoms with van der Waals surface area (Å²) in [6.45, 7) is 1.59. The molecule has 0 amide bonds. The average molecular weight is 479 g/mol. The van der Waals surface area contributed by atoms with Crippen molar-refractivity contribution in [3.63, 3.8) is 0 Å². The minimum Gasteiger partial charge on any atom is -0.492 e. The maximum atomic E-state index is 13.6. The molecule has 0 spiro atoms. The fraction of sp³-hybridized carbons (Fsp3) is 0.250. The van der Waals surface area contributed by atoms with E-state index in [1.54, 1.807) is 36.5 Å². The number of halogens is 3. The van der Waals surface area contributed by atoms with Gasteiger partial charge in [-0.2, -0.15) is 0 Å². The van der Waals surface area contributed by atoms with Gasteiger partial charge >= 0.3 is 0 Å². The van der Waals surface area contributed by atoms with E-state index in [2.05, 4.69) is 10.3 Å². The van der Waals surface area contributed by atoms with Crippen molar-refractivity contribution >= 4 is 22.5 Å². The molecular weight excluding hydrogens is 454 g/mol. The van der Waals surface area contributed by atoms with Crippen LogP contribution in [0.5, 0.6) is 5.75 Å². The molecule has 5 rings (SSSR count). The number of piperidine rings is 1. The van der Waals surface area contributed by atoms with Gasteiger partial charge in [0.05, 0.1) is 17.1 Å². The molecule has 1 aliphatic heterocycles. The predicted molar refractivity (Wildman–Crippen MR) is 133 cm³/mol. The van der Waals surface area contributed by atoms with E-state index in [9.17, 15) is 8.78 Å². The number of nitrogens with one attached hydrogen (secondary N) is 1. The Morgan fingerprint density at radius 1 is 0.912 bits per heavy atom. The quantitative estimate of drug-likeness (QED) is 0.313. The van der Waals surface area contributed by atoms with Crippen molar-refractivity contribution in [2.75, 3.05) is 13.2 Å². The fourth-order valence-electron chi connectivity index (χ4n) is 4.50. The number of nitrogens with zero attached hydrogens (tertiary/aromatic N) is 1. The summed E-state index contributed by atoms with van der Waals surface area (Å²) >= 11 is 6.59. The monoisotopic (exact) mass is 478 g/mol. The van der Waals surface area contributed by atoms with Crippen LogP contribution in [-0.2, 0) is 0 Å². The molecule has 0 bridgehead atoms. The van der Waals surface area contributed by atoms with Crippen LogP contribution < -0.4 is 10.1 Å². The second-order valence-electron chi connectivity index (χ2n) is 8.65. The Bertz CT molecular complexity index is 1290. The Morgan fingerprint density at radius 2 is 1.59 bits per heavy atom. The Labute approximate surface area is 202 Å². The van der Waals surface area contributed by atoms with Crippen LogP contribution in [0.1, 0.15) is 25.7 Å². The summed E-state index contributed by atoms with van der Waals surface area (Å²) in [5.74, 6) is 0.0856. The van der Waals surface area contributed by atoms with Crippen LogP contribution in [0.3, 0.4) is 0 Å². The number of hydrogen-bond donors (Lipinski definition) is 1. The van der Waals surface area contributed by atoms with Crippen LogP contribution in [0.25, 0.3) is 33.2 Å².